The topological polar surface area (TPSA) is 32.8 Å². The van der Waals surface area contributed by atoms with Crippen LogP contribution in [0.5, 0.6) is 5.75 Å². The number of ether oxygens (including phenoxy) is 1. The first-order valence-electron chi connectivity index (χ1n) is 7.79. The van der Waals surface area contributed by atoms with Crippen LogP contribution in [-0.2, 0) is 4.79 Å². The van der Waals surface area contributed by atoms with E-state index in [-0.39, 0.29) is 5.91 Å². The first-order valence-corrected chi connectivity index (χ1v) is 9.81. The third kappa shape index (κ3) is 3.79. The molecule has 3 rings (SSSR count). The van der Waals surface area contributed by atoms with E-state index in [1.165, 1.54) is 11.8 Å². The molecular weight excluding hydrogens is 432 g/mol. The fraction of sp³-hybridized carbons (Fsp3) is 0.158. The molecule has 0 radical (unpaired) electrons. The van der Waals surface area contributed by atoms with E-state index in [1.807, 2.05) is 67.5 Å². The highest BCUT2D eigenvalue weighted by Crippen LogP contribution is 2.37. The van der Waals surface area contributed by atoms with Crippen LogP contribution in [0.25, 0.3) is 6.08 Å². The van der Waals surface area contributed by atoms with Crippen LogP contribution >= 0.6 is 39.9 Å². The molecule has 0 N–H and O–H groups in total. The third-order valence-electron chi connectivity index (χ3n) is 3.88. The van der Waals surface area contributed by atoms with Gasteiger partial charge < -0.3 is 9.64 Å². The number of halogens is 1. The Balaban J connectivity index is 1.88. The van der Waals surface area contributed by atoms with Gasteiger partial charge in [-0.25, -0.2) is 0 Å². The summed E-state index contributed by atoms with van der Waals surface area (Å²) in [5, 5.41) is 0. The molecule has 0 spiro atoms. The highest BCUT2D eigenvalue weighted by atomic mass is 79.9. The number of amides is 1. The van der Waals surface area contributed by atoms with Crippen molar-refractivity contribution in [2.45, 2.75) is 0 Å². The lowest BCUT2D eigenvalue weighted by atomic mass is 10.2. The van der Waals surface area contributed by atoms with Gasteiger partial charge in [0.05, 0.1) is 23.4 Å². The number of rotatable bonds is 4. The number of hydrogen-bond acceptors (Lipinski definition) is 5. The van der Waals surface area contributed by atoms with E-state index in [1.54, 1.807) is 12.0 Å². The van der Waals surface area contributed by atoms with Gasteiger partial charge in [-0.15, -0.1) is 0 Å². The molecule has 1 aliphatic rings. The molecule has 0 atom stereocenters. The van der Waals surface area contributed by atoms with Gasteiger partial charge in [-0.1, -0.05) is 30.0 Å². The summed E-state index contributed by atoms with van der Waals surface area (Å²) in [7, 11) is 5.58. The van der Waals surface area contributed by atoms with Crippen molar-refractivity contribution in [1.82, 2.24) is 0 Å². The van der Waals surface area contributed by atoms with Crippen LogP contribution in [0.2, 0.25) is 0 Å². The fourth-order valence-corrected chi connectivity index (χ4v) is 4.60. The van der Waals surface area contributed by atoms with E-state index in [0.29, 0.717) is 9.23 Å². The average Bonchev–Trinajstić information content (AvgIpc) is 2.88. The number of thioether (sulfide) groups is 1. The fourth-order valence-electron chi connectivity index (χ4n) is 2.55. The number of anilines is 2. The Bertz CT molecular complexity index is 895. The molecule has 4 nitrogen and oxygen atoms in total. The molecule has 7 heteroatoms. The van der Waals surface area contributed by atoms with Crippen LogP contribution in [0.15, 0.2) is 51.8 Å². The molecule has 0 bridgehead atoms. The molecule has 2 aromatic carbocycles. The SMILES string of the molecule is COc1ccc(N2C(=O)/C(=C\c3ccc(N(C)C)c(Br)c3)SC2=S)cc1. The Morgan fingerprint density at radius 1 is 1.19 bits per heavy atom. The summed E-state index contributed by atoms with van der Waals surface area (Å²) in [6.45, 7) is 0. The lowest BCUT2D eigenvalue weighted by Crippen LogP contribution is -2.27. The number of nitrogens with zero attached hydrogens (tertiary/aromatic N) is 2. The van der Waals surface area contributed by atoms with Gasteiger partial charge in [0.2, 0.25) is 0 Å². The van der Waals surface area contributed by atoms with Crippen molar-refractivity contribution in [3.05, 3.63) is 57.4 Å². The third-order valence-corrected chi connectivity index (χ3v) is 5.81. The standard InChI is InChI=1S/C19H17BrN2O2S2/c1-21(2)16-9-4-12(10-15(16)20)11-17-18(23)22(19(25)26-17)13-5-7-14(24-3)8-6-13/h4-11H,1-3H3/b17-11+. The Morgan fingerprint density at radius 3 is 2.46 bits per heavy atom. The lowest BCUT2D eigenvalue weighted by molar-refractivity contribution is -0.113. The van der Waals surface area contributed by atoms with Gasteiger partial charge in [0.15, 0.2) is 4.32 Å². The van der Waals surface area contributed by atoms with Crippen LogP contribution < -0.4 is 14.5 Å². The quantitative estimate of drug-likeness (QED) is 0.488. The van der Waals surface area contributed by atoms with E-state index in [9.17, 15) is 4.79 Å². The van der Waals surface area contributed by atoms with Crippen LogP contribution in [0, 0.1) is 0 Å². The number of carbonyl (C=O) groups excluding carboxylic acids is 1. The van der Waals surface area contributed by atoms with Crippen molar-refractivity contribution in [3.8, 4) is 5.75 Å². The summed E-state index contributed by atoms with van der Waals surface area (Å²) in [5.41, 5.74) is 2.76. The van der Waals surface area contributed by atoms with Crippen molar-refractivity contribution in [2.75, 3.05) is 31.0 Å². The first kappa shape index (κ1) is 18.9. The molecule has 1 amide bonds. The largest absolute Gasteiger partial charge is 0.497 e. The molecule has 2 aromatic rings. The van der Waals surface area contributed by atoms with Gasteiger partial charge in [0, 0.05) is 18.6 Å². The molecule has 0 saturated carbocycles. The average molecular weight is 449 g/mol. The second-order valence-corrected chi connectivity index (χ2v) is 8.35. The summed E-state index contributed by atoms with van der Waals surface area (Å²) in [5.74, 6) is 0.624. The zero-order valence-electron chi connectivity index (χ0n) is 14.5. The number of hydrogen-bond donors (Lipinski definition) is 0. The molecule has 0 aromatic heterocycles. The summed E-state index contributed by atoms with van der Waals surface area (Å²) in [4.78, 5) is 17.0. The van der Waals surface area contributed by atoms with Crippen LogP contribution in [0.1, 0.15) is 5.56 Å². The highest BCUT2D eigenvalue weighted by molar-refractivity contribution is 9.10. The molecular formula is C19H17BrN2O2S2. The van der Waals surface area contributed by atoms with Crippen molar-refractivity contribution in [3.63, 3.8) is 0 Å². The normalized spacial score (nSPS) is 15.7. The molecule has 1 saturated heterocycles. The molecule has 0 aliphatic carbocycles. The van der Waals surface area contributed by atoms with E-state index in [4.69, 9.17) is 17.0 Å². The molecule has 26 heavy (non-hydrogen) atoms. The Kier molecular flexibility index (Phi) is 5.70. The number of benzene rings is 2. The Morgan fingerprint density at radius 2 is 1.88 bits per heavy atom. The summed E-state index contributed by atoms with van der Waals surface area (Å²) in [6, 6.07) is 13.3. The maximum Gasteiger partial charge on any atom is 0.270 e. The predicted molar refractivity (Wildman–Crippen MR) is 117 cm³/mol. The second-order valence-electron chi connectivity index (χ2n) is 5.82. The van der Waals surface area contributed by atoms with Gasteiger partial charge in [-0.3, -0.25) is 9.69 Å². The van der Waals surface area contributed by atoms with Gasteiger partial charge in [0.25, 0.3) is 5.91 Å². The monoisotopic (exact) mass is 448 g/mol. The second kappa shape index (κ2) is 7.82. The number of carbonyl (C=O) groups is 1. The first-order chi connectivity index (χ1) is 12.4. The molecule has 1 heterocycles. The molecule has 1 aliphatic heterocycles. The minimum absolute atomic E-state index is 0.113. The van der Waals surface area contributed by atoms with E-state index < -0.39 is 0 Å². The van der Waals surface area contributed by atoms with E-state index in [0.717, 1.165) is 27.2 Å². The highest BCUT2D eigenvalue weighted by Gasteiger charge is 2.33. The number of methoxy groups -OCH3 is 1. The van der Waals surface area contributed by atoms with Crippen LogP contribution in [0.3, 0.4) is 0 Å². The Labute approximate surface area is 170 Å². The van der Waals surface area contributed by atoms with Gasteiger partial charge in [-0.2, -0.15) is 0 Å². The predicted octanol–water partition coefficient (Wildman–Crippen LogP) is 4.93. The maximum absolute atomic E-state index is 12.8. The Hall–Kier alpha value is -1.83. The molecule has 1 fully saturated rings. The summed E-state index contributed by atoms with van der Waals surface area (Å²) in [6.07, 6.45) is 1.87. The number of thiocarbonyl (C=S) groups is 1. The zero-order valence-corrected chi connectivity index (χ0v) is 17.7. The lowest BCUT2D eigenvalue weighted by Gasteiger charge is -2.15. The van der Waals surface area contributed by atoms with Gasteiger partial charge in [0.1, 0.15) is 5.75 Å². The van der Waals surface area contributed by atoms with E-state index >= 15 is 0 Å². The smallest absolute Gasteiger partial charge is 0.270 e. The zero-order chi connectivity index (χ0) is 18.8. The van der Waals surface area contributed by atoms with Gasteiger partial charge in [-0.05, 0) is 64.0 Å². The van der Waals surface area contributed by atoms with Crippen molar-refractivity contribution in [2.24, 2.45) is 0 Å². The van der Waals surface area contributed by atoms with Crippen molar-refractivity contribution in [1.29, 1.82) is 0 Å². The minimum Gasteiger partial charge on any atom is -0.497 e. The van der Waals surface area contributed by atoms with Crippen molar-refractivity contribution >= 4 is 67.6 Å². The molecule has 134 valence electrons. The maximum atomic E-state index is 12.8. The van der Waals surface area contributed by atoms with Gasteiger partial charge >= 0.3 is 0 Å². The van der Waals surface area contributed by atoms with Crippen molar-refractivity contribution < 1.29 is 9.53 Å². The minimum atomic E-state index is -0.113. The van der Waals surface area contributed by atoms with Crippen LogP contribution in [0.4, 0.5) is 11.4 Å². The van der Waals surface area contributed by atoms with E-state index in [2.05, 4.69) is 15.9 Å². The summed E-state index contributed by atoms with van der Waals surface area (Å²) >= 11 is 10.3. The van der Waals surface area contributed by atoms with Crippen LogP contribution in [-0.4, -0.2) is 31.4 Å². The summed E-state index contributed by atoms with van der Waals surface area (Å²) < 4.78 is 6.66. The molecule has 0 unspecified atom stereocenters.